The molecule has 0 radical (unpaired) electrons. The molecule has 0 saturated heterocycles. The second-order valence-corrected chi connectivity index (χ2v) is 4.97. The third kappa shape index (κ3) is 2.63. The summed E-state index contributed by atoms with van der Waals surface area (Å²) in [6.07, 6.45) is -4.59. The van der Waals surface area contributed by atoms with Crippen molar-refractivity contribution in [2.45, 2.75) is 20.0 Å². The molecule has 0 unspecified atom stereocenters. The fourth-order valence-corrected chi connectivity index (χ4v) is 2.55. The van der Waals surface area contributed by atoms with Crippen molar-refractivity contribution in [2.24, 2.45) is 0 Å². The monoisotopic (exact) mass is 317 g/mol. The van der Waals surface area contributed by atoms with Crippen LogP contribution >= 0.6 is 11.6 Å². The zero-order valence-electron chi connectivity index (χ0n) is 11.1. The van der Waals surface area contributed by atoms with E-state index in [1.54, 1.807) is 0 Å². The van der Waals surface area contributed by atoms with Crippen LogP contribution in [0.25, 0.3) is 5.69 Å². The predicted molar refractivity (Wildman–Crippen MR) is 72.2 cm³/mol. The molecule has 1 aromatic carbocycles. The number of rotatable bonds is 2. The van der Waals surface area contributed by atoms with Crippen molar-refractivity contribution >= 4 is 17.6 Å². The van der Waals surface area contributed by atoms with Crippen molar-refractivity contribution in [1.29, 1.82) is 0 Å². The molecule has 1 N–H and O–H groups in total. The molecule has 0 fully saturated rings. The Bertz CT molecular complexity index is 720. The molecular formula is C14H11ClF3NO2. The number of carboxylic acid groups (broad SMARTS) is 1. The Kier molecular flexibility index (Phi) is 3.76. The summed E-state index contributed by atoms with van der Waals surface area (Å²) in [6.45, 7) is 2.98. The van der Waals surface area contributed by atoms with Crippen LogP contribution in [-0.4, -0.2) is 15.6 Å². The van der Waals surface area contributed by atoms with E-state index in [4.69, 9.17) is 16.7 Å². The molecule has 1 aromatic heterocycles. The molecule has 0 saturated carbocycles. The lowest BCUT2D eigenvalue weighted by atomic mass is 10.1. The molecule has 0 spiro atoms. The highest BCUT2D eigenvalue weighted by Gasteiger charge is 2.35. The van der Waals surface area contributed by atoms with Gasteiger partial charge in [0.05, 0.1) is 21.8 Å². The molecule has 3 nitrogen and oxygen atoms in total. The first-order chi connectivity index (χ1) is 9.64. The maximum absolute atomic E-state index is 13.2. The lowest BCUT2D eigenvalue weighted by Gasteiger charge is -2.18. The van der Waals surface area contributed by atoms with Crippen LogP contribution in [0.15, 0.2) is 24.3 Å². The summed E-state index contributed by atoms with van der Waals surface area (Å²) >= 11 is 5.93. The summed E-state index contributed by atoms with van der Waals surface area (Å²) in [5.41, 5.74) is -0.662. The number of nitrogens with zero attached hydrogens (tertiary/aromatic N) is 1. The average Bonchev–Trinajstić information content (AvgIpc) is 2.64. The molecule has 0 bridgehead atoms. The summed E-state index contributed by atoms with van der Waals surface area (Å²) in [7, 11) is 0. The van der Waals surface area contributed by atoms with Crippen LogP contribution < -0.4 is 0 Å². The average molecular weight is 318 g/mol. The van der Waals surface area contributed by atoms with E-state index in [0.717, 1.165) is 6.07 Å². The van der Waals surface area contributed by atoms with Gasteiger partial charge in [-0.2, -0.15) is 13.2 Å². The maximum Gasteiger partial charge on any atom is 0.418 e. The fraction of sp³-hybridized carbons (Fsp3) is 0.214. The van der Waals surface area contributed by atoms with Crippen LogP contribution in [0.2, 0.25) is 5.02 Å². The smallest absolute Gasteiger partial charge is 0.418 e. The number of aromatic carboxylic acids is 1. The first-order valence-corrected chi connectivity index (χ1v) is 6.30. The topological polar surface area (TPSA) is 42.2 Å². The number of carboxylic acids is 1. The van der Waals surface area contributed by atoms with E-state index in [-0.39, 0.29) is 22.0 Å². The molecule has 7 heteroatoms. The van der Waals surface area contributed by atoms with Crippen molar-refractivity contribution in [3.05, 3.63) is 51.8 Å². The van der Waals surface area contributed by atoms with Crippen molar-refractivity contribution in [1.82, 2.24) is 4.57 Å². The third-order valence-corrected chi connectivity index (χ3v) is 3.48. The molecule has 0 aliphatic carbocycles. The van der Waals surface area contributed by atoms with Crippen molar-refractivity contribution in [3.63, 3.8) is 0 Å². The summed E-state index contributed by atoms with van der Waals surface area (Å²) in [6, 6.07) is 4.79. The molecule has 0 amide bonds. The molecule has 112 valence electrons. The van der Waals surface area contributed by atoms with Gasteiger partial charge in [-0.25, -0.2) is 4.79 Å². The summed E-state index contributed by atoms with van der Waals surface area (Å²) in [5, 5.41) is 8.99. The summed E-state index contributed by atoms with van der Waals surface area (Å²) < 4.78 is 40.7. The Hall–Kier alpha value is -1.95. The van der Waals surface area contributed by atoms with Crippen molar-refractivity contribution in [2.75, 3.05) is 0 Å². The Morgan fingerprint density at radius 3 is 2.38 bits per heavy atom. The number of halogens is 4. The van der Waals surface area contributed by atoms with Gasteiger partial charge < -0.3 is 9.67 Å². The van der Waals surface area contributed by atoms with E-state index in [0.29, 0.717) is 5.69 Å². The zero-order chi connectivity index (χ0) is 15.9. The van der Waals surface area contributed by atoms with Gasteiger partial charge in [-0.3, -0.25) is 0 Å². The SMILES string of the molecule is Cc1cc(C(=O)O)c(C)n1-c1c(Cl)cccc1C(F)(F)F. The van der Waals surface area contributed by atoms with Gasteiger partial charge in [0.15, 0.2) is 0 Å². The second-order valence-electron chi connectivity index (χ2n) is 4.56. The second kappa shape index (κ2) is 5.11. The van der Waals surface area contributed by atoms with Gasteiger partial charge in [-0.15, -0.1) is 0 Å². The number of carbonyl (C=O) groups is 1. The molecule has 2 aromatic rings. The van der Waals surface area contributed by atoms with E-state index in [1.807, 2.05) is 0 Å². The molecule has 21 heavy (non-hydrogen) atoms. The number of aromatic nitrogens is 1. The number of hydrogen-bond acceptors (Lipinski definition) is 1. The van der Waals surface area contributed by atoms with Gasteiger partial charge in [0.1, 0.15) is 0 Å². The molecular weight excluding hydrogens is 307 g/mol. The predicted octanol–water partition coefficient (Wildman–Crippen LogP) is 4.46. The van der Waals surface area contributed by atoms with Gasteiger partial charge in [0, 0.05) is 11.4 Å². The van der Waals surface area contributed by atoms with Crippen LogP contribution in [0.3, 0.4) is 0 Å². The molecule has 1 heterocycles. The standard InChI is InChI=1S/C14H11ClF3NO2/c1-7-6-9(13(20)21)8(2)19(7)12-10(14(16,17)18)4-3-5-11(12)15/h3-6H,1-2H3,(H,20,21). The number of alkyl halides is 3. The number of benzene rings is 1. The Labute approximate surface area is 123 Å². The lowest BCUT2D eigenvalue weighted by Crippen LogP contribution is -2.13. The Morgan fingerprint density at radius 2 is 1.90 bits per heavy atom. The van der Waals surface area contributed by atoms with Crippen LogP contribution in [0.4, 0.5) is 13.2 Å². The quantitative estimate of drug-likeness (QED) is 0.888. The summed E-state index contributed by atoms with van der Waals surface area (Å²) in [4.78, 5) is 11.1. The van der Waals surface area contributed by atoms with Crippen molar-refractivity contribution in [3.8, 4) is 5.69 Å². The van der Waals surface area contributed by atoms with E-state index in [9.17, 15) is 18.0 Å². The van der Waals surface area contributed by atoms with Gasteiger partial charge in [-0.05, 0) is 32.0 Å². The molecule has 0 aliphatic rings. The normalized spacial score (nSPS) is 11.7. The molecule has 2 rings (SSSR count). The highest BCUT2D eigenvalue weighted by Crippen LogP contribution is 2.38. The minimum atomic E-state index is -4.59. The van der Waals surface area contributed by atoms with E-state index < -0.39 is 17.7 Å². The van der Waals surface area contributed by atoms with Crippen LogP contribution in [-0.2, 0) is 6.18 Å². The van der Waals surface area contributed by atoms with Gasteiger partial charge >= 0.3 is 12.1 Å². The minimum absolute atomic E-state index is 0.0551. The fourth-order valence-electron chi connectivity index (χ4n) is 2.29. The first-order valence-electron chi connectivity index (χ1n) is 5.93. The Morgan fingerprint density at radius 1 is 1.29 bits per heavy atom. The van der Waals surface area contributed by atoms with Crippen molar-refractivity contribution < 1.29 is 23.1 Å². The summed E-state index contributed by atoms with van der Waals surface area (Å²) in [5.74, 6) is -1.20. The Balaban J connectivity index is 2.83. The molecule has 0 aliphatic heterocycles. The highest BCUT2D eigenvalue weighted by molar-refractivity contribution is 6.32. The minimum Gasteiger partial charge on any atom is -0.478 e. The molecule has 0 atom stereocenters. The first kappa shape index (κ1) is 15.4. The van der Waals surface area contributed by atoms with Crippen LogP contribution in [0.5, 0.6) is 0 Å². The van der Waals surface area contributed by atoms with E-state index >= 15 is 0 Å². The van der Waals surface area contributed by atoms with Gasteiger partial charge in [-0.1, -0.05) is 17.7 Å². The maximum atomic E-state index is 13.2. The third-order valence-electron chi connectivity index (χ3n) is 3.18. The van der Waals surface area contributed by atoms with Crippen LogP contribution in [0.1, 0.15) is 27.3 Å². The van der Waals surface area contributed by atoms with Gasteiger partial charge in [0.2, 0.25) is 0 Å². The lowest BCUT2D eigenvalue weighted by molar-refractivity contribution is -0.137. The zero-order valence-corrected chi connectivity index (χ0v) is 11.9. The largest absolute Gasteiger partial charge is 0.478 e. The van der Waals surface area contributed by atoms with Gasteiger partial charge in [0.25, 0.3) is 0 Å². The number of hydrogen-bond donors (Lipinski definition) is 1. The number of para-hydroxylation sites is 1. The number of aryl methyl sites for hydroxylation is 1. The highest BCUT2D eigenvalue weighted by atomic mass is 35.5. The van der Waals surface area contributed by atoms with Crippen LogP contribution in [0, 0.1) is 13.8 Å². The van der Waals surface area contributed by atoms with E-state index in [2.05, 4.69) is 0 Å². The van der Waals surface area contributed by atoms with E-state index in [1.165, 1.54) is 36.6 Å².